The van der Waals surface area contributed by atoms with Crippen LogP contribution in [0.15, 0.2) is 5.38 Å². The summed E-state index contributed by atoms with van der Waals surface area (Å²) in [5.74, 6) is 0.380. The third kappa shape index (κ3) is 1.55. The molecule has 1 heterocycles. The van der Waals surface area contributed by atoms with E-state index in [0.717, 1.165) is 5.69 Å². The average Bonchev–Trinajstić information content (AvgIpc) is 2.34. The van der Waals surface area contributed by atoms with Crippen molar-refractivity contribution in [1.29, 1.82) is 0 Å². The first-order chi connectivity index (χ1) is 4.74. The number of Topliss-reactive ketones (excluding diaryl/α,β-unsaturated/α-hetero) is 1. The molecule has 0 aliphatic rings. The number of hydrogen-bond donors (Lipinski definition) is 0. The smallest absolute Gasteiger partial charge is 0.188 e. The van der Waals surface area contributed by atoms with Crippen molar-refractivity contribution in [3.8, 4) is 0 Å². The summed E-state index contributed by atoms with van der Waals surface area (Å²) >= 11 is 6.81. The van der Waals surface area contributed by atoms with Gasteiger partial charge < -0.3 is 0 Å². The predicted molar refractivity (Wildman–Crippen MR) is 41.7 cm³/mol. The minimum absolute atomic E-state index is 0.00127. The van der Waals surface area contributed by atoms with Crippen LogP contribution in [-0.4, -0.2) is 10.8 Å². The zero-order valence-corrected chi connectivity index (χ0v) is 7.00. The van der Waals surface area contributed by atoms with E-state index >= 15 is 0 Å². The normalized spacial score (nSPS) is 9.80. The summed E-state index contributed by atoms with van der Waals surface area (Å²) in [4.78, 5) is 14.6. The number of hydrogen-bond acceptors (Lipinski definition) is 3. The number of alkyl halides is 1. The summed E-state index contributed by atoms with van der Waals surface area (Å²) in [6.07, 6.45) is 0. The number of carbonyl (C=O) groups excluding carboxylic acids is 1. The van der Waals surface area contributed by atoms with E-state index in [4.69, 9.17) is 11.6 Å². The van der Waals surface area contributed by atoms with Gasteiger partial charge in [-0.15, -0.1) is 22.9 Å². The minimum Gasteiger partial charge on any atom is -0.292 e. The van der Waals surface area contributed by atoms with Crippen LogP contribution in [0.4, 0.5) is 0 Å². The van der Waals surface area contributed by atoms with Gasteiger partial charge in [0.25, 0.3) is 0 Å². The van der Waals surface area contributed by atoms with Crippen LogP contribution in [0.5, 0.6) is 0 Å². The van der Waals surface area contributed by atoms with Crippen LogP contribution >= 0.6 is 22.9 Å². The number of aromatic nitrogens is 1. The molecule has 0 aliphatic carbocycles. The van der Waals surface area contributed by atoms with E-state index in [1.54, 1.807) is 5.38 Å². The zero-order chi connectivity index (χ0) is 7.56. The van der Waals surface area contributed by atoms with E-state index in [9.17, 15) is 4.79 Å². The van der Waals surface area contributed by atoms with E-state index in [2.05, 4.69) is 4.98 Å². The van der Waals surface area contributed by atoms with Crippen molar-refractivity contribution in [2.24, 2.45) is 0 Å². The van der Waals surface area contributed by atoms with Crippen molar-refractivity contribution in [3.63, 3.8) is 0 Å². The third-order valence-corrected chi connectivity index (χ3v) is 2.26. The van der Waals surface area contributed by atoms with Gasteiger partial charge in [0.2, 0.25) is 0 Å². The van der Waals surface area contributed by atoms with Crippen molar-refractivity contribution in [2.45, 2.75) is 12.8 Å². The Morgan fingerprint density at radius 2 is 2.60 bits per heavy atom. The molecule has 4 heteroatoms. The Hall–Kier alpha value is -0.410. The highest BCUT2D eigenvalue weighted by Crippen LogP contribution is 2.11. The second kappa shape index (κ2) is 3.12. The third-order valence-electron chi connectivity index (χ3n) is 0.990. The lowest BCUT2D eigenvalue weighted by Crippen LogP contribution is -1.90. The first-order valence-electron chi connectivity index (χ1n) is 2.75. The molecular formula is C6H6ClNOS. The molecule has 0 aliphatic heterocycles. The number of carbonyl (C=O) groups is 1. The number of nitrogens with zero attached hydrogens (tertiary/aromatic N) is 1. The van der Waals surface area contributed by atoms with Gasteiger partial charge in [0.05, 0.1) is 11.6 Å². The summed E-state index contributed by atoms with van der Waals surface area (Å²) in [6.45, 7) is 1.50. The van der Waals surface area contributed by atoms with Gasteiger partial charge in [-0.3, -0.25) is 4.79 Å². The van der Waals surface area contributed by atoms with Gasteiger partial charge in [0, 0.05) is 12.3 Å². The van der Waals surface area contributed by atoms with E-state index in [-0.39, 0.29) is 5.78 Å². The highest BCUT2D eigenvalue weighted by Gasteiger charge is 2.03. The molecule has 0 fully saturated rings. The molecule has 1 aromatic heterocycles. The molecule has 0 atom stereocenters. The first-order valence-corrected chi connectivity index (χ1v) is 4.16. The van der Waals surface area contributed by atoms with E-state index in [1.807, 2.05) is 0 Å². The van der Waals surface area contributed by atoms with Crippen LogP contribution in [0.1, 0.15) is 22.4 Å². The van der Waals surface area contributed by atoms with Crippen molar-refractivity contribution in [1.82, 2.24) is 4.98 Å². The molecule has 0 amide bonds. The topological polar surface area (TPSA) is 30.0 Å². The quantitative estimate of drug-likeness (QED) is 0.509. The Kier molecular flexibility index (Phi) is 2.40. The highest BCUT2D eigenvalue weighted by molar-refractivity contribution is 7.11. The van der Waals surface area contributed by atoms with Gasteiger partial charge in [0.15, 0.2) is 10.8 Å². The van der Waals surface area contributed by atoms with Gasteiger partial charge in [-0.1, -0.05) is 0 Å². The average molecular weight is 176 g/mol. The Morgan fingerprint density at radius 3 is 2.90 bits per heavy atom. The molecule has 0 saturated heterocycles. The number of thiazole rings is 1. The molecule has 10 heavy (non-hydrogen) atoms. The van der Waals surface area contributed by atoms with E-state index < -0.39 is 0 Å². The summed E-state index contributed by atoms with van der Waals surface area (Å²) in [5, 5.41) is 2.33. The van der Waals surface area contributed by atoms with Gasteiger partial charge >= 0.3 is 0 Å². The molecule has 0 spiro atoms. The largest absolute Gasteiger partial charge is 0.292 e. The SMILES string of the molecule is CC(=O)c1nc(CCl)cs1. The Morgan fingerprint density at radius 1 is 1.90 bits per heavy atom. The van der Waals surface area contributed by atoms with Gasteiger partial charge in [-0.05, 0) is 0 Å². The predicted octanol–water partition coefficient (Wildman–Crippen LogP) is 2.08. The van der Waals surface area contributed by atoms with E-state index in [0.29, 0.717) is 10.9 Å². The fourth-order valence-electron chi connectivity index (χ4n) is 0.530. The molecule has 0 N–H and O–H groups in total. The summed E-state index contributed by atoms with van der Waals surface area (Å²) < 4.78 is 0. The highest BCUT2D eigenvalue weighted by atomic mass is 35.5. The Bertz CT molecular complexity index is 246. The van der Waals surface area contributed by atoms with Gasteiger partial charge in [-0.25, -0.2) is 4.98 Å². The lowest BCUT2D eigenvalue weighted by Gasteiger charge is -1.82. The summed E-state index contributed by atoms with van der Waals surface area (Å²) in [7, 11) is 0. The molecular weight excluding hydrogens is 170 g/mol. The van der Waals surface area contributed by atoms with Crippen LogP contribution in [0.2, 0.25) is 0 Å². The van der Waals surface area contributed by atoms with Crippen molar-refractivity contribution in [2.75, 3.05) is 0 Å². The zero-order valence-electron chi connectivity index (χ0n) is 5.43. The van der Waals surface area contributed by atoms with Crippen LogP contribution in [0, 0.1) is 0 Å². The van der Waals surface area contributed by atoms with Crippen LogP contribution in [0.25, 0.3) is 0 Å². The molecule has 54 valence electrons. The number of ketones is 1. The fourth-order valence-corrected chi connectivity index (χ4v) is 1.48. The van der Waals surface area contributed by atoms with Crippen LogP contribution in [-0.2, 0) is 5.88 Å². The summed E-state index contributed by atoms with van der Waals surface area (Å²) in [6, 6.07) is 0. The monoisotopic (exact) mass is 175 g/mol. The molecule has 0 saturated carbocycles. The van der Waals surface area contributed by atoms with Crippen molar-refractivity contribution < 1.29 is 4.79 Å². The second-order valence-electron chi connectivity index (χ2n) is 1.83. The lowest BCUT2D eigenvalue weighted by atomic mass is 10.5. The van der Waals surface area contributed by atoms with E-state index in [1.165, 1.54) is 18.3 Å². The lowest BCUT2D eigenvalue weighted by molar-refractivity contribution is 0.101. The van der Waals surface area contributed by atoms with Crippen LogP contribution in [0.3, 0.4) is 0 Å². The van der Waals surface area contributed by atoms with Crippen molar-refractivity contribution >= 4 is 28.7 Å². The Balaban J connectivity index is 2.88. The summed E-state index contributed by atoms with van der Waals surface area (Å²) in [5.41, 5.74) is 0.775. The first kappa shape index (κ1) is 7.69. The minimum atomic E-state index is 0.00127. The molecule has 2 nitrogen and oxygen atoms in total. The Labute approximate surface area is 67.9 Å². The van der Waals surface area contributed by atoms with Gasteiger partial charge in [0.1, 0.15) is 0 Å². The van der Waals surface area contributed by atoms with Gasteiger partial charge in [-0.2, -0.15) is 0 Å². The van der Waals surface area contributed by atoms with Crippen LogP contribution < -0.4 is 0 Å². The second-order valence-corrected chi connectivity index (χ2v) is 2.96. The molecule has 1 rings (SSSR count). The number of rotatable bonds is 2. The molecule has 0 radical (unpaired) electrons. The van der Waals surface area contributed by atoms with Crippen molar-refractivity contribution in [3.05, 3.63) is 16.1 Å². The maximum atomic E-state index is 10.7. The molecule has 1 aromatic rings. The maximum Gasteiger partial charge on any atom is 0.188 e. The standard InChI is InChI=1S/C6H6ClNOS/c1-4(9)6-8-5(2-7)3-10-6/h3H,2H2,1H3. The number of halogens is 1. The molecule has 0 aromatic carbocycles. The molecule has 0 unspecified atom stereocenters. The maximum absolute atomic E-state index is 10.7. The fraction of sp³-hybridized carbons (Fsp3) is 0.333. The molecule has 0 bridgehead atoms.